The first-order valence-corrected chi connectivity index (χ1v) is 19.4. The first-order chi connectivity index (χ1) is 24.9. The Kier molecular flexibility index (Phi) is 12.6. The molecular formula is C48H60O4. The van der Waals surface area contributed by atoms with Crippen LogP contribution in [-0.2, 0) is 23.7 Å². The van der Waals surface area contributed by atoms with E-state index in [1.165, 1.54) is 75.3 Å². The highest BCUT2D eigenvalue weighted by Crippen LogP contribution is 2.44. The highest BCUT2D eigenvalue weighted by Gasteiger charge is 2.29. The van der Waals surface area contributed by atoms with Crippen LogP contribution < -0.4 is 0 Å². The third kappa shape index (κ3) is 8.77. The Balaban J connectivity index is 0.000000207. The van der Waals surface area contributed by atoms with Gasteiger partial charge in [-0.1, -0.05) is 127 Å². The van der Waals surface area contributed by atoms with Gasteiger partial charge in [-0.15, -0.1) is 13.2 Å². The second kappa shape index (κ2) is 16.9. The van der Waals surface area contributed by atoms with Crippen molar-refractivity contribution in [3.63, 3.8) is 0 Å². The van der Waals surface area contributed by atoms with Gasteiger partial charge in [-0.05, 0) is 119 Å². The lowest BCUT2D eigenvalue weighted by Crippen LogP contribution is -2.20. The fourth-order valence-electron chi connectivity index (χ4n) is 8.29. The van der Waals surface area contributed by atoms with Gasteiger partial charge in [0.15, 0.2) is 0 Å². The topological polar surface area (TPSA) is 80.9 Å². The first kappa shape index (κ1) is 38.8. The smallest absolute Gasteiger partial charge is 0.119 e. The van der Waals surface area contributed by atoms with Crippen LogP contribution in [0, 0.1) is 0 Å². The van der Waals surface area contributed by atoms with Gasteiger partial charge in [0.2, 0.25) is 0 Å². The minimum atomic E-state index is -0.243. The predicted octanol–water partition coefficient (Wildman–Crippen LogP) is 12.4. The van der Waals surface area contributed by atoms with E-state index in [-0.39, 0.29) is 10.8 Å². The Morgan fingerprint density at radius 1 is 0.481 bits per heavy atom. The average Bonchev–Trinajstić information content (AvgIpc) is 3.14. The first-order valence-electron chi connectivity index (χ1n) is 19.4. The molecule has 0 heterocycles. The zero-order chi connectivity index (χ0) is 37.5. The van der Waals surface area contributed by atoms with Crippen LogP contribution in [0.15, 0.2) is 98.1 Å². The molecule has 4 aromatic carbocycles. The monoisotopic (exact) mass is 700 g/mol. The summed E-state index contributed by atoms with van der Waals surface area (Å²) in [5, 5.41) is 41.0. The Morgan fingerprint density at radius 3 is 1.12 bits per heavy atom. The molecule has 276 valence electrons. The van der Waals surface area contributed by atoms with E-state index in [1.807, 2.05) is 36.4 Å². The molecule has 0 saturated heterocycles. The van der Waals surface area contributed by atoms with E-state index >= 15 is 0 Å². The van der Waals surface area contributed by atoms with Crippen molar-refractivity contribution in [1.29, 1.82) is 0 Å². The lowest BCUT2D eigenvalue weighted by Gasteiger charge is -2.31. The normalized spacial score (nSPS) is 15.8. The van der Waals surface area contributed by atoms with E-state index < -0.39 is 0 Å². The van der Waals surface area contributed by atoms with E-state index in [0.717, 1.165) is 33.4 Å². The molecule has 2 saturated carbocycles. The van der Waals surface area contributed by atoms with Crippen molar-refractivity contribution in [1.82, 2.24) is 0 Å². The van der Waals surface area contributed by atoms with Gasteiger partial charge in [-0.25, -0.2) is 0 Å². The van der Waals surface area contributed by atoms with Gasteiger partial charge < -0.3 is 20.4 Å². The van der Waals surface area contributed by atoms with E-state index in [2.05, 4.69) is 65.1 Å². The number of aromatic hydroxyl groups is 4. The SMILES string of the molecule is C=CCc1cc(C(C)(C)c2ccc(O)c(CC=C)c2)ccc1O.CC(C)(c1ccc(O)c(C2CCCCC2)c1)c1ccc(O)c(C2CCCCC2)c1. The summed E-state index contributed by atoms with van der Waals surface area (Å²) in [6, 6.07) is 23.9. The van der Waals surface area contributed by atoms with Gasteiger partial charge >= 0.3 is 0 Å². The molecule has 2 fully saturated rings. The Bertz CT molecular complexity index is 1700. The number of phenolic OH excluding ortho intramolecular Hbond substituents is 4. The summed E-state index contributed by atoms with van der Waals surface area (Å²) in [5.41, 5.74) is 8.30. The molecule has 2 aliphatic carbocycles. The molecule has 6 rings (SSSR count). The van der Waals surface area contributed by atoms with Crippen molar-refractivity contribution in [2.75, 3.05) is 0 Å². The van der Waals surface area contributed by atoms with E-state index in [4.69, 9.17) is 0 Å². The molecule has 0 unspecified atom stereocenters. The fraction of sp³-hybridized carbons (Fsp3) is 0.417. The summed E-state index contributed by atoms with van der Waals surface area (Å²) in [7, 11) is 0. The molecule has 4 heteroatoms. The van der Waals surface area contributed by atoms with Crippen LogP contribution in [0.25, 0.3) is 0 Å². The van der Waals surface area contributed by atoms with Crippen LogP contribution in [0.3, 0.4) is 0 Å². The number of rotatable bonds is 10. The Hall–Kier alpha value is -4.44. The van der Waals surface area contributed by atoms with Crippen LogP contribution in [0.5, 0.6) is 23.0 Å². The van der Waals surface area contributed by atoms with Crippen LogP contribution >= 0.6 is 0 Å². The van der Waals surface area contributed by atoms with Crippen molar-refractivity contribution < 1.29 is 20.4 Å². The minimum Gasteiger partial charge on any atom is -0.508 e. The second-order valence-electron chi connectivity index (χ2n) is 16.1. The van der Waals surface area contributed by atoms with Crippen molar-refractivity contribution in [3.8, 4) is 23.0 Å². The lowest BCUT2D eigenvalue weighted by molar-refractivity contribution is 0.412. The second-order valence-corrected chi connectivity index (χ2v) is 16.1. The third-order valence-electron chi connectivity index (χ3n) is 11.9. The van der Waals surface area contributed by atoms with Gasteiger partial charge in [0.05, 0.1) is 0 Å². The number of benzene rings is 4. The van der Waals surface area contributed by atoms with Gasteiger partial charge in [0.1, 0.15) is 23.0 Å². The zero-order valence-electron chi connectivity index (χ0n) is 31.9. The zero-order valence-corrected chi connectivity index (χ0v) is 31.9. The molecule has 4 nitrogen and oxygen atoms in total. The van der Waals surface area contributed by atoms with Gasteiger partial charge in [0.25, 0.3) is 0 Å². The van der Waals surface area contributed by atoms with Crippen LogP contribution in [0.2, 0.25) is 0 Å². The summed E-state index contributed by atoms with van der Waals surface area (Å²) in [4.78, 5) is 0. The van der Waals surface area contributed by atoms with E-state index in [1.54, 1.807) is 24.3 Å². The van der Waals surface area contributed by atoms with Crippen molar-refractivity contribution in [2.45, 2.75) is 127 Å². The van der Waals surface area contributed by atoms with Crippen LogP contribution in [0.1, 0.15) is 148 Å². The summed E-state index contributed by atoms with van der Waals surface area (Å²) in [5.74, 6) is 2.45. The highest BCUT2D eigenvalue weighted by atomic mass is 16.3. The summed E-state index contributed by atoms with van der Waals surface area (Å²) in [6.07, 6.45) is 17.3. The van der Waals surface area contributed by atoms with E-state index in [9.17, 15) is 20.4 Å². The molecule has 0 radical (unpaired) electrons. The molecule has 52 heavy (non-hydrogen) atoms. The molecular weight excluding hydrogens is 641 g/mol. The Morgan fingerprint density at radius 2 is 0.788 bits per heavy atom. The number of hydrogen-bond acceptors (Lipinski definition) is 4. The molecule has 0 aliphatic heterocycles. The maximum absolute atomic E-state index is 10.5. The maximum Gasteiger partial charge on any atom is 0.119 e. The Labute approximate surface area is 312 Å². The number of hydrogen-bond donors (Lipinski definition) is 4. The standard InChI is InChI=1S/C27H36O2.C21H24O2/c1-27(2,21-13-15-25(28)23(17-21)19-9-5-3-6-10-19)22-14-16-26(29)24(18-22)20-11-7-4-8-12-20;1-5-7-15-13-17(9-11-19(15)22)21(3,4)18-10-12-20(23)16(14-18)8-6-2/h13-20,28-29H,3-12H2,1-2H3;5-6,9-14,22-23H,1-2,7-8H2,3-4H3. The summed E-state index contributed by atoms with van der Waals surface area (Å²) < 4.78 is 0. The molecule has 0 atom stereocenters. The summed E-state index contributed by atoms with van der Waals surface area (Å²) in [6.45, 7) is 16.3. The van der Waals surface area contributed by atoms with Gasteiger partial charge in [0, 0.05) is 10.8 Å². The fourth-order valence-corrected chi connectivity index (χ4v) is 8.29. The largest absolute Gasteiger partial charge is 0.508 e. The molecule has 4 aromatic rings. The van der Waals surface area contributed by atoms with Crippen molar-refractivity contribution in [3.05, 3.63) is 143 Å². The maximum atomic E-state index is 10.5. The molecule has 0 spiro atoms. The number of allylic oxidation sites excluding steroid dienone is 2. The highest BCUT2D eigenvalue weighted by molar-refractivity contribution is 5.50. The van der Waals surface area contributed by atoms with Crippen LogP contribution in [0.4, 0.5) is 0 Å². The predicted molar refractivity (Wildman–Crippen MR) is 216 cm³/mol. The van der Waals surface area contributed by atoms with Crippen LogP contribution in [-0.4, -0.2) is 20.4 Å². The molecule has 0 aromatic heterocycles. The minimum absolute atomic E-state index is 0.172. The van der Waals surface area contributed by atoms with E-state index in [0.29, 0.717) is 47.7 Å². The summed E-state index contributed by atoms with van der Waals surface area (Å²) >= 11 is 0. The van der Waals surface area contributed by atoms with Crippen molar-refractivity contribution >= 4 is 0 Å². The number of phenols is 4. The third-order valence-corrected chi connectivity index (χ3v) is 11.9. The molecule has 0 bridgehead atoms. The lowest BCUT2D eigenvalue weighted by atomic mass is 9.74. The molecule has 0 amide bonds. The van der Waals surface area contributed by atoms with Gasteiger partial charge in [-0.3, -0.25) is 0 Å². The van der Waals surface area contributed by atoms with Crippen molar-refractivity contribution in [2.24, 2.45) is 0 Å². The molecule has 4 N–H and O–H groups in total. The van der Waals surface area contributed by atoms with Gasteiger partial charge in [-0.2, -0.15) is 0 Å². The average molecular weight is 701 g/mol. The molecule has 2 aliphatic rings. The quantitative estimate of drug-likeness (QED) is 0.124.